The van der Waals surface area contributed by atoms with Gasteiger partial charge in [0.25, 0.3) is 0 Å². The van der Waals surface area contributed by atoms with Crippen molar-refractivity contribution in [3.05, 3.63) is 59.5 Å². The number of aromatic nitrogens is 3. The van der Waals surface area contributed by atoms with E-state index in [2.05, 4.69) is 94.6 Å². The quantitative estimate of drug-likeness (QED) is 0.423. The van der Waals surface area contributed by atoms with Gasteiger partial charge in [-0.05, 0) is 41.0 Å². The Morgan fingerprint density at radius 3 is 2.24 bits per heavy atom. The fourth-order valence-electron chi connectivity index (χ4n) is 6.07. The Bertz CT molecular complexity index is 1210. The lowest BCUT2D eigenvalue weighted by molar-refractivity contribution is 0.246. The van der Waals surface area contributed by atoms with E-state index in [1.54, 1.807) is 0 Å². The van der Waals surface area contributed by atoms with Gasteiger partial charge in [-0.25, -0.2) is 9.97 Å². The maximum Gasteiger partial charge on any atom is 0.162 e. The normalized spacial score (nSPS) is 23.4. The highest BCUT2D eigenvalue weighted by Gasteiger charge is 2.51. The molecule has 3 aromatic rings. The van der Waals surface area contributed by atoms with Crippen LogP contribution in [0.25, 0.3) is 11.4 Å². The predicted octanol–water partition coefficient (Wildman–Crippen LogP) is 7.02. The molecule has 0 amide bonds. The van der Waals surface area contributed by atoms with Gasteiger partial charge in [0.15, 0.2) is 11.6 Å². The number of nitrogens with zero attached hydrogens (tertiary/aromatic N) is 5. The zero-order valence-electron chi connectivity index (χ0n) is 21.8. The second kappa shape index (κ2) is 8.07. The smallest absolute Gasteiger partial charge is 0.162 e. The first-order valence-electron chi connectivity index (χ1n) is 12.7. The molecule has 34 heavy (non-hydrogen) atoms. The van der Waals surface area contributed by atoms with Gasteiger partial charge in [0, 0.05) is 42.0 Å². The summed E-state index contributed by atoms with van der Waals surface area (Å²) in [5.74, 6) is 2.93. The molecule has 5 heteroatoms. The maximum atomic E-state index is 5.24. The van der Waals surface area contributed by atoms with Crippen molar-refractivity contribution >= 4 is 17.2 Å². The third-order valence-electron chi connectivity index (χ3n) is 8.44. The molecule has 3 unspecified atom stereocenters. The minimum absolute atomic E-state index is 0.102. The van der Waals surface area contributed by atoms with Crippen LogP contribution in [0.2, 0.25) is 0 Å². The number of para-hydroxylation sites is 1. The highest BCUT2D eigenvalue weighted by molar-refractivity contribution is 5.85. The topological polar surface area (TPSA) is 45.2 Å². The van der Waals surface area contributed by atoms with Crippen LogP contribution < -0.4 is 9.80 Å². The van der Waals surface area contributed by atoms with Crippen LogP contribution in [-0.2, 0) is 5.41 Å². The first-order valence-corrected chi connectivity index (χ1v) is 12.7. The number of benzene rings is 1. The van der Waals surface area contributed by atoms with Crippen LogP contribution in [0.1, 0.15) is 83.4 Å². The second-order valence-electron chi connectivity index (χ2n) is 10.9. The Balaban J connectivity index is 1.71. The molecule has 5 nitrogen and oxygen atoms in total. The number of hydrogen-bond acceptors (Lipinski definition) is 5. The average Bonchev–Trinajstić information content (AvgIpc) is 3.13. The summed E-state index contributed by atoms with van der Waals surface area (Å²) in [7, 11) is 2.19. The first kappa shape index (κ1) is 22.8. The lowest BCUT2D eigenvalue weighted by atomic mass is 9.66. The van der Waals surface area contributed by atoms with Crippen LogP contribution in [0.5, 0.6) is 0 Å². The largest absolute Gasteiger partial charge is 0.337 e. The van der Waals surface area contributed by atoms with Crippen LogP contribution in [0.4, 0.5) is 17.2 Å². The van der Waals surface area contributed by atoms with Crippen molar-refractivity contribution in [2.24, 2.45) is 5.92 Å². The fourth-order valence-corrected chi connectivity index (χ4v) is 6.07. The van der Waals surface area contributed by atoms with Crippen LogP contribution >= 0.6 is 0 Å². The Labute approximate surface area is 204 Å². The number of pyridine rings is 1. The van der Waals surface area contributed by atoms with Crippen LogP contribution in [0.15, 0.2) is 42.9 Å². The summed E-state index contributed by atoms with van der Waals surface area (Å²) in [6.45, 7) is 16.0. The van der Waals surface area contributed by atoms with E-state index in [0.717, 1.165) is 29.3 Å². The van der Waals surface area contributed by atoms with Crippen molar-refractivity contribution < 1.29 is 0 Å². The van der Waals surface area contributed by atoms with Crippen molar-refractivity contribution in [1.82, 2.24) is 15.0 Å². The molecule has 178 valence electrons. The minimum atomic E-state index is 0.102. The summed E-state index contributed by atoms with van der Waals surface area (Å²) in [5.41, 5.74) is 7.47. The van der Waals surface area contributed by atoms with Gasteiger partial charge in [-0.2, -0.15) is 0 Å². The van der Waals surface area contributed by atoms with Crippen molar-refractivity contribution in [3.8, 4) is 11.4 Å². The third kappa shape index (κ3) is 3.09. The molecule has 2 aromatic heterocycles. The lowest BCUT2D eigenvalue weighted by Gasteiger charge is -2.50. The molecule has 5 rings (SSSR count). The van der Waals surface area contributed by atoms with Gasteiger partial charge in [-0.15, -0.1) is 0 Å². The molecule has 3 atom stereocenters. The number of fused-ring (bicyclic) bond motifs is 5. The fraction of sp³-hybridized carbons (Fsp3) is 0.483. The molecule has 0 aliphatic carbocycles. The number of hydrogen-bond donors (Lipinski definition) is 0. The molecule has 0 N–H and O–H groups in total. The molecular weight excluding hydrogens is 418 g/mol. The molecule has 0 fully saturated rings. The minimum Gasteiger partial charge on any atom is -0.337 e. The molecule has 1 aromatic carbocycles. The molecule has 0 bridgehead atoms. The molecule has 4 heterocycles. The van der Waals surface area contributed by atoms with Crippen molar-refractivity contribution in [2.75, 3.05) is 16.8 Å². The van der Waals surface area contributed by atoms with Crippen LogP contribution in [0, 0.1) is 5.92 Å². The summed E-state index contributed by atoms with van der Waals surface area (Å²) in [5, 5.41) is 0. The van der Waals surface area contributed by atoms with Gasteiger partial charge >= 0.3 is 0 Å². The van der Waals surface area contributed by atoms with Crippen molar-refractivity contribution in [2.45, 2.75) is 78.3 Å². The van der Waals surface area contributed by atoms with E-state index in [0.29, 0.717) is 17.8 Å². The van der Waals surface area contributed by atoms with Crippen molar-refractivity contribution in [1.29, 1.82) is 0 Å². The van der Waals surface area contributed by atoms with E-state index >= 15 is 0 Å². The molecule has 0 spiro atoms. The highest BCUT2D eigenvalue weighted by Crippen LogP contribution is 2.56. The Kier molecular flexibility index (Phi) is 5.42. The van der Waals surface area contributed by atoms with Gasteiger partial charge in [-0.3, -0.25) is 4.98 Å². The Morgan fingerprint density at radius 2 is 1.62 bits per heavy atom. The average molecular weight is 456 g/mol. The summed E-state index contributed by atoms with van der Waals surface area (Å²) < 4.78 is 0. The van der Waals surface area contributed by atoms with Gasteiger partial charge in [-0.1, -0.05) is 66.7 Å². The van der Waals surface area contributed by atoms with Gasteiger partial charge in [0.05, 0.1) is 6.20 Å². The monoisotopic (exact) mass is 455 g/mol. The Morgan fingerprint density at radius 1 is 0.971 bits per heavy atom. The zero-order chi connectivity index (χ0) is 24.4. The van der Waals surface area contributed by atoms with Crippen molar-refractivity contribution in [3.63, 3.8) is 0 Å². The highest BCUT2D eigenvalue weighted by atomic mass is 15.4. The maximum absolute atomic E-state index is 5.24. The summed E-state index contributed by atoms with van der Waals surface area (Å²) >= 11 is 0. The van der Waals surface area contributed by atoms with Crippen LogP contribution in [-0.4, -0.2) is 28.2 Å². The van der Waals surface area contributed by atoms with Gasteiger partial charge in [0.1, 0.15) is 11.9 Å². The second-order valence-corrected chi connectivity index (χ2v) is 10.9. The summed E-state index contributed by atoms with van der Waals surface area (Å²) in [6, 6.07) is 8.88. The van der Waals surface area contributed by atoms with Gasteiger partial charge < -0.3 is 9.80 Å². The number of rotatable bonds is 4. The SMILES string of the molecule is CCC1(C)c2ccccc2N2c3cnc(-c4c(C(C)C)cncc4C(C)C)nc3N(C)C2C1C. The first-order chi connectivity index (χ1) is 16.2. The standard InChI is InChI=1S/C29H37N5/c1-9-29(7)19(6)28-33(8)27-24(34(28)23-13-11-10-12-22(23)29)16-31-26(32-27)25-20(17(2)3)14-30-15-21(25)18(4)5/h10-19,28H,9H2,1-8H3. The van der Waals surface area contributed by atoms with E-state index < -0.39 is 0 Å². The zero-order valence-corrected chi connectivity index (χ0v) is 21.8. The Hall–Kier alpha value is -2.95. The predicted molar refractivity (Wildman–Crippen MR) is 141 cm³/mol. The van der Waals surface area contributed by atoms with E-state index in [1.165, 1.54) is 22.4 Å². The molecule has 0 radical (unpaired) electrons. The molecule has 0 saturated heterocycles. The molecular formula is C29H37N5. The molecule has 2 aliphatic rings. The van der Waals surface area contributed by atoms with E-state index in [-0.39, 0.29) is 11.6 Å². The van der Waals surface area contributed by atoms with E-state index in [4.69, 9.17) is 9.97 Å². The van der Waals surface area contributed by atoms with Crippen LogP contribution in [0.3, 0.4) is 0 Å². The summed E-state index contributed by atoms with van der Waals surface area (Å²) in [6.07, 6.45) is 7.33. The molecule has 2 aliphatic heterocycles. The molecule has 0 saturated carbocycles. The van der Waals surface area contributed by atoms with E-state index in [1.807, 2.05) is 18.6 Å². The number of anilines is 3. The summed E-state index contributed by atoms with van der Waals surface area (Å²) in [4.78, 5) is 19.6. The van der Waals surface area contributed by atoms with E-state index in [9.17, 15) is 0 Å². The third-order valence-corrected chi connectivity index (χ3v) is 8.44. The lowest BCUT2D eigenvalue weighted by Crippen LogP contribution is -2.54. The van der Waals surface area contributed by atoms with Gasteiger partial charge in [0.2, 0.25) is 0 Å².